The van der Waals surface area contributed by atoms with Gasteiger partial charge in [-0.15, -0.1) is 0 Å². The minimum absolute atomic E-state index is 0.0395. The highest BCUT2D eigenvalue weighted by Gasteiger charge is 2.34. The van der Waals surface area contributed by atoms with Gasteiger partial charge in [0.25, 0.3) is 0 Å². The van der Waals surface area contributed by atoms with E-state index in [1.54, 1.807) is 4.57 Å². The minimum Gasteiger partial charge on any atom is -0.367 e. The molecular formula is C43H58F3N5. The van der Waals surface area contributed by atoms with E-state index in [-0.39, 0.29) is 11.3 Å². The van der Waals surface area contributed by atoms with Gasteiger partial charge in [0, 0.05) is 42.1 Å². The Balaban J connectivity index is 1.49. The number of piperazine rings is 1. The summed E-state index contributed by atoms with van der Waals surface area (Å²) < 4.78 is 45.4. The van der Waals surface area contributed by atoms with Gasteiger partial charge in [-0.3, -0.25) is 9.88 Å². The molecule has 4 heterocycles. The summed E-state index contributed by atoms with van der Waals surface area (Å²) in [6.07, 6.45) is 7.38. The lowest BCUT2D eigenvalue weighted by Crippen LogP contribution is -2.54. The molecule has 2 aromatic carbocycles. The highest BCUT2D eigenvalue weighted by atomic mass is 19.4. The van der Waals surface area contributed by atoms with Crippen LogP contribution in [0.1, 0.15) is 102 Å². The molecule has 6 rings (SSSR count). The van der Waals surface area contributed by atoms with Crippen LogP contribution in [0.5, 0.6) is 0 Å². The fraction of sp³-hybridized carbons (Fsp3) is 0.558. The number of benzene rings is 2. The molecule has 0 aliphatic carbocycles. The summed E-state index contributed by atoms with van der Waals surface area (Å²) in [6.45, 7) is 14.4. The molecule has 2 aromatic heterocycles. The first-order valence-corrected chi connectivity index (χ1v) is 19.3. The van der Waals surface area contributed by atoms with Gasteiger partial charge in [0.15, 0.2) is 0 Å². The Morgan fingerprint density at radius 1 is 0.902 bits per heavy atom. The molecule has 2 fully saturated rings. The minimum atomic E-state index is -4.39. The maximum Gasteiger partial charge on any atom is 0.406 e. The van der Waals surface area contributed by atoms with Crippen molar-refractivity contribution in [1.82, 2.24) is 14.5 Å². The van der Waals surface area contributed by atoms with Crippen molar-refractivity contribution < 1.29 is 13.2 Å². The van der Waals surface area contributed by atoms with Crippen LogP contribution in [0.3, 0.4) is 0 Å². The van der Waals surface area contributed by atoms with E-state index in [4.69, 9.17) is 10.7 Å². The molecule has 2 aliphatic rings. The largest absolute Gasteiger partial charge is 0.406 e. The first-order chi connectivity index (χ1) is 24.3. The maximum absolute atomic E-state index is 14.6. The molecule has 0 spiro atoms. The van der Waals surface area contributed by atoms with Crippen LogP contribution in [0.15, 0.2) is 54.7 Å². The first kappa shape index (κ1) is 37.4. The Hall–Kier alpha value is -3.36. The SMILES string of the molecule is CC(C)c1ncc(N2CCN3CCCCC3C2)cc1-c1c(CC(C)(C)C)c2cc(-c3cccc(CCCCCCN)c3)ccc2n1CC(F)(F)F. The second kappa shape index (κ2) is 15.7. The number of unbranched alkanes of at least 4 members (excludes halogenated alkanes) is 3. The van der Waals surface area contributed by atoms with Crippen LogP contribution in [0.2, 0.25) is 0 Å². The summed E-state index contributed by atoms with van der Waals surface area (Å²) in [7, 11) is 0. The normalized spacial score (nSPS) is 17.5. The molecule has 1 unspecified atom stereocenters. The van der Waals surface area contributed by atoms with Gasteiger partial charge >= 0.3 is 6.18 Å². The van der Waals surface area contributed by atoms with Crippen molar-refractivity contribution in [1.29, 1.82) is 0 Å². The quantitative estimate of drug-likeness (QED) is 0.149. The Morgan fingerprint density at radius 3 is 2.43 bits per heavy atom. The lowest BCUT2D eigenvalue weighted by Gasteiger charge is -2.45. The average Bonchev–Trinajstić information content (AvgIpc) is 3.36. The second-order valence-electron chi connectivity index (χ2n) is 16.6. The lowest BCUT2D eigenvalue weighted by molar-refractivity contribution is -0.139. The molecular weight excluding hydrogens is 644 g/mol. The molecule has 2 saturated heterocycles. The number of aromatic nitrogens is 2. The number of anilines is 1. The maximum atomic E-state index is 14.6. The van der Waals surface area contributed by atoms with Gasteiger partial charge in [-0.25, -0.2) is 0 Å². The van der Waals surface area contributed by atoms with E-state index in [0.29, 0.717) is 23.7 Å². The summed E-state index contributed by atoms with van der Waals surface area (Å²) in [6, 6.07) is 17.4. The Labute approximate surface area is 303 Å². The van der Waals surface area contributed by atoms with Crippen LogP contribution in [-0.4, -0.2) is 59.4 Å². The zero-order chi connectivity index (χ0) is 36.3. The number of rotatable bonds is 12. The monoisotopic (exact) mass is 701 g/mol. The van der Waals surface area contributed by atoms with Gasteiger partial charge < -0.3 is 15.2 Å². The predicted octanol–water partition coefficient (Wildman–Crippen LogP) is 10.4. The summed E-state index contributed by atoms with van der Waals surface area (Å²) in [5, 5.41) is 0.893. The fourth-order valence-electron chi connectivity index (χ4n) is 8.38. The fourth-order valence-corrected chi connectivity index (χ4v) is 8.38. The third kappa shape index (κ3) is 9.00. The van der Waals surface area contributed by atoms with Gasteiger partial charge in [-0.1, -0.05) is 84.2 Å². The number of halogens is 3. The number of nitrogens with two attached hydrogens (primary N) is 1. The molecule has 276 valence electrons. The molecule has 8 heteroatoms. The van der Waals surface area contributed by atoms with Crippen molar-refractivity contribution in [2.75, 3.05) is 37.6 Å². The van der Waals surface area contributed by atoms with E-state index in [1.165, 1.54) is 24.8 Å². The van der Waals surface area contributed by atoms with Crippen molar-refractivity contribution in [2.45, 2.75) is 117 Å². The van der Waals surface area contributed by atoms with E-state index in [1.807, 2.05) is 18.3 Å². The van der Waals surface area contributed by atoms with E-state index in [0.717, 1.165) is 104 Å². The molecule has 4 aromatic rings. The van der Waals surface area contributed by atoms with E-state index in [2.05, 4.69) is 80.8 Å². The van der Waals surface area contributed by atoms with Crippen molar-refractivity contribution in [2.24, 2.45) is 11.1 Å². The summed E-state index contributed by atoms with van der Waals surface area (Å²) >= 11 is 0. The number of pyridine rings is 1. The highest BCUT2D eigenvalue weighted by Crippen LogP contribution is 2.44. The van der Waals surface area contributed by atoms with Crippen LogP contribution in [0.25, 0.3) is 33.3 Å². The zero-order valence-corrected chi connectivity index (χ0v) is 31.5. The Morgan fingerprint density at radius 2 is 1.69 bits per heavy atom. The number of hydrogen-bond donors (Lipinski definition) is 1. The molecule has 2 N–H and O–H groups in total. The van der Waals surface area contributed by atoms with Crippen LogP contribution >= 0.6 is 0 Å². The molecule has 0 radical (unpaired) electrons. The van der Waals surface area contributed by atoms with Gasteiger partial charge in [0.05, 0.1) is 23.3 Å². The van der Waals surface area contributed by atoms with Crippen molar-refractivity contribution in [3.05, 3.63) is 71.5 Å². The number of alkyl halides is 3. The number of hydrogen-bond acceptors (Lipinski definition) is 4. The van der Waals surface area contributed by atoms with Gasteiger partial charge in [-0.05, 0) is 103 Å². The van der Waals surface area contributed by atoms with Crippen molar-refractivity contribution >= 4 is 16.6 Å². The predicted molar refractivity (Wildman–Crippen MR) is 207 cm³/mol. The van der Waals surface area contributed by atoms with Crippen LogP contribution < -0.4 is 10.6 Å². The molecule has 0 bridgehead atoms. The average molecular weight is 702 g/mol. The van der Waals surface area contributed by atoms with E-state index < -0.39 is 12.7 Å². The van der Waals surface area contributed by atoms with Gasteiger partial charge in [0.1, 0.15) is 6.54 Å². The topological polar surface area (TPSA) is 50.3 Å². The molecule has 0 amide bonds. The smallest absolute Gasteiger partial charge is 0.367 e. The van der Waals surface area contributed by atoms with Crippen LogP contribution in [0, 0.1) is 5.41 Å². The number of piperidine rings is 1. The van der Waals surface area contributed by atoms with Crippen LogP contribution in [-0.2, 0) is 19.4 Å². The first-order valence-electron chi connectivity index (χ1n) is 19.3. The standard InChI is InChI=1S/C43H58F3N5/c1-30(2)40-37(25-35(27-48-40)50-22-21-49-20-11-9-16-34(49)28-50)41-38(26-42(3,4)5)36-24-33(17-18-39(36)51(41)29-43(44,45)46)32-15-12-14-31(23-32)13-8-6-7-10-19-47/h12,14-15,17-18,23-25,27,30,34H,6-11,13,16,19-22,26,28-29,47H2,1-5H3. The molecule has 5 nitrogen and oxygen atoms in total. The van der Waals surface area contributed by atoms with Crippen molar-refractivity contribution in [3.63, 3.8) is 0 Å². The zero-order valence-electron chi connectivity index (χ0n) is 31.5. The number of nitrogens with zero attached hydrogens (tertiary/aromatic N) is 4. The number of fused-ring (bicyclic) bond motifs is 2. The molecule has 51 heavy (non-hydrogen) atoms. The van der Waals surface area contributed by atoms with Gasteiger partial charge in [0.2, 0.25) is 0 Å². The summed E-state index contributed by atoms with van der Waals surface area (Å²) in [5.74, 6) is 0.0395. The molecule has 0 saturated carbocycles. The Bertz CT molecular complexity index is 1780. The third-order valence-corrected chi connectivity index (χ3v) is 10.8. The van der Waals surface area contributed by atoms with Crippen molar-refractivity contribution in [3.8, 4) is 22.4 Å². The highest BCUT2D eigenvalue weighted by molar-refractivity contribution is 5.95. The van der Waals surface area contributed by atoms with E-state index in [9.17, 15) is 13.2 Å². The summed E-state index contributed by atoms with van der Waals surface area (Å²) in [5.41, 5.74) is 13.8. The third-order valence-electron chi connectivity index (χ3n) is 10.8. The van der Waals surface area contributed by atoms with Gasteiger partial charge in [-0.2, -0.15) is 13.2 Å². The second-order valence-corrected chi connectivity index (χ2v) is 16.6. The Kier molecular flexibility index (Phi) is 11.5. The number of aryl methyl sites for hydroxylation is 1. The molecule has 2 aliphatic heterocycles. The molecule has 1 atom stereocenters. The summed E-state index contributed by atoms with van der Waals surface area (Å²) in [4.78, 5) is 10.1. The lowest BCUT2D eigenvalue weighted by atomic mass is 9.85. The van der Waals surface area contributed by atoms with E-state index >= 15 is 0 Å². The van der Waals surface area contributed by atoms with Crippen LogP contribution in [0.4, 0.5) is 18.9 Å².